The van der Waals surface area contributed by atoms with Gasteiger partial charge >= 0.3 is 0 Å². The predicted molar refractivity (Wildman–Crippen MR) is 135 cm³/mol. The summed E-state index contributed by atoms with van der Waals surface area (Å²) in [6.45, 7) is 8.20. The Hall–Kier alpha value is -4.04. The highest BCUT2D eigenvalue weighted by Gasteiger charge is 2.11. The molecule has 0 aliphatic carbocycles. The Morgan fingerprint density at radius 3 is 1.94 bits per heavy atom. The van der Waals surface area contributed by atoms with E-state index >= 15 is 0 Å². The molecule has 0 aliphatic heterocycles. The number of fused-ring (bicyclic) bond motifs is 1. The summed E-state index contributed by atoms with van der Waals surface area (Å²) in [7, 11) is 0. The molecule has 5 rings (SSSR count). The summed E-state index contributed by atoms with van der Waals surface area (Å²) >= 11 is 0. The van der Waals surface area contributed by atoms with Crippen molar-refractivity contribution in [2.75, 3.05) is 0 Å². The van der Waals surface area contributed by atoms with Crippen LogP contribution >= 0.6 is 0 Å². The van der Waals surface area contributed by atoms with Crippen molar-refractivity contribution < 1.29 is 0 Å². The number of hydrogen-bond donors (Lipinski definition) is 0. The average molecular weight is 413 g/mol. The molecule has 0 saturated heterocycles. The highest BCUT2D eigenvalue weighted by Crippen LogP contribution is 2.32. The molecule has 1 heterocycles. The van der Waals surface area contributed by atoms with E-state index in [9.17, 15) is 0 Å². The van der Waals surface area contributed by atoms with Crippen LogP contribution in [0.1, 0.15) is 18.3 Å². The van der Waals surface area contributed by atoms with Crippen LogP contribution in [-0.2, 0) is 0 Å². The van der Waals surface area contributed by atoms with Crippen LogP contribution in [0.2, 0.25) is 0 Å². The minimum Gasteiger partial charge on any atom is -0.228 e. The molecule has 0 spiro atoms. The molecule has 0 bridgehead atoms. The molecule has 2 nitrogen and oxygen atoms in total. The third kappa shape index (κ3) is 3.72. The van der Waals surface area contributed by atoms with E-state index in [0.29, 0.717) is 5.82 Å². The normalized spacial score (nSPS) is 10.9. The van der Waals surface area contributed by atoms with Gasteiger partial charge in [-0.2, -0.15) is 0 Å². The van der Waals surface area contributed by atoms with E-state index in [2.05, 4.69) is 92.4 Å². The molecule has 32 heavy (non-hydrogen) atoms. The largest absolute Gasteiger partial charge is 0.228 e. The Bertz CT molecular complexity index is 1430. The summed E-state index contributed by atoms with van der Waals surface area (Å²) < 4.78 is 0. The fraction of sp³-hybridized carbons (Fsp3) is 0.0667. The second kappa shape index (κ2) is 8.24. The number of aromatic nitrogens is 2. The minimum absolute atomic E-state index is 0.677. The number of benzene rings is 4. The quantitative estimate of drug-likeness (QED) is 0.299. The van der Waals surface area contributed by atoms with E-state index in [0.717, 1.165) is 28.1 Å². The van der Waals surface area contributed by atoms with E-state index in [1.54, 1.807) is 0 Å². The van der Waals surface area contributed by atoms with Crippen LogP contribution in [0.4, 0.5) is 0 Å². The van der Waals surface area contributed by atoms with E-state index in [4.69, 9.17) is 9.97 Å². The molecule has 0 saturated carbocycles. The lowest BCUT2D eigenvalue weighted by atomic mass is 9.94. The summed E-state index contributed by atoms with van der Waals surface area (Å²) in [6, 6.07) is 33.8. The highest BCUT2D eigenvalue weighted by atomic mass is 14.9. The maximum atomic E-state index is 4.78. The Morgan fingerprint density at radius 2 is 1.25 bits per heavy atom. The van der Waals surface area contributed by atoms with Crippen molar-refractivity contribution in [1.29, 1.82) is 0 Å². The lowest BCUT2D eigenvalue weighted by Crippen LogP contribution is -1.97. The fourth-order valence-electron chi connectivity index (χ4n) is 4.10. The SMILES string of the molecule is C=C(C)c1nc(-c2ccccc2)cc(-c2ccc(-c3ccc4ccccc4c3C)cc2)n1. The molecule has 1 aromatic heterocycles. The Balaban J connectivity index is 1.56. The zero-order chi connectivity index (χ0) is 22.1. The molecule has 0 amide bonds. The average Bonchev–Trinajstić information content (AvgIpc) is 2.85. The molecule has 5 aromatic rings. The maximum Gasteiger partial charge on any atom is 0.155 e. The van der Waals surface area contributed by atoms with Gasteiger partial charge in [-0.3, -0.25) is 0 Å². The van der Waals surface area contributed by atoms with Crippen molar-refractivity contribution in [1.82, 2.24) is 9.97 Å². The van der Waals surface area contributed by atoms with Gasteiger partial charge in [0.1, 0.15) is 0 Å². The van der Waals surface area contributed by atoms with E-state index < -0.39 is 0 Å². The van der Waals surface area contributed by atoms with Crippen LogP contribution in [0.15, 0.2) is 104 Å². The van der Waals surface area contributed by atoms with Gasteiger partial charge in [0.05, 0.1) is 11.4 Å². The van der Waals surface area contributed by atoms with Gasteiger partial charge in [-0.25, -0.2) is 9.97 Å². The summed E-state index contributed by atoms with van der Waals surface area (Å²) in [5.41, 5.74) is 8.55. The first kappa shape index (κ1) is 19.9. The van der Waals surface area contributed by atoms with Crippen LogP contribution in [0.25, 0.3) is 50.0 Å². The number of nitrogens with zero attached hydrogens (tertiary/aromatic N) is 2. The highest BCUT2D eigenvalue weighted by molar-refractivity contribution is 5.91. The van der Waals surface area contributed by atoms with Crippen LogP contribution in [-0.4, -0.2) is 9.97 Å². The van der Waals surface area contributed by atoms with Crippen LogP contribution in [0.3, 0.4) is 0 Å². The first-order chi connectivity index (χ1) is 15.6. The molecule has 0 atom stereocenters. The lowest BCUT2D eigenvalue weighted by molar-refractivity contribution is 1.12. The molecule has 0 unspecified atom stereocenters. The third-order valence-electron chi connectivity index (χ3n) is 5.87. The summed E-state index contributed by atoms with van der Waals surface area (Å²) in [4.78, 5) is 9.50. The van der Waals surface area contributed by atoms with Crippen LogP contribution < -0.4 is 0 Å². The molecule has 4 aromatic carbocycles. The van der Waals surface area contributed by atoms with Gasteiger partial charge in [-0.15, -0.1) is 0 Å². The second-order valence-corrected chi connectivity index (χ2v) is 8.14. The van der Waals surface area contributed by atoms with E-state index in [-0.39, 0.29) is 0 Å². The topological polar surface area (TPSA) is 25.8 Å². The zero-order valence-electron chi connectivity index (χ0n) is 18.3. The third-order valence-corrected chi connectivity index (χ3v) is 5.87. The standard InChI is InChI=1S/C30H24N2/c1-20(2)30-31-28(24-10-5-4-6-11-24)19-29(32-30)25-15-13-23(14-16-25)27-18-17-22-9-7-8-12-26(22)21(27)3/h4-19H,1H2,2-3H3. The smallest absolute Gasteiger partial charge is 0.155 e. The molecule has 0 aliphatic rings. The molecule has 0 N–H and O–H groups in total. The molecule has 0 fully saturated rings. The maximum absolute atomic E-state index is 4.78. The second-order valence-electron chi connectivity index (χ2n) is 8.14. The van der Waals surface area contributed by atoms with E-state index in [1.165, 1.54) is 27.5 Å². The first-order valence-electron chi connectivity index (χ1n) is 10.8. The van der Waals surface area contributed by atoms with Crippen molar-refractivity contribution in [2.24, 2.45) is 0 Å². The van der Waals surface area contributed by atoms with Gasteiger partial charge < -0.3 is 0 Å². The Morgan fingerprint density at radius 1 is 0.656 bits per heavy atom. The van der Waals surface area contributed by atoms with Gasteiger partial charge in [0.25, 0.3) is 0 Å². The number of allylic oxidation sites excluding steroid dienone is 1. The van der Waals surface area contributed by atoms with Crippen LogP contribution in [0.5, 0.6) is 0 Å². The molecule has 0 radical (unpaired) electrons. The van der Waals surface area contributed by atoms with Gasteiger partial charge in [-0.05, 0) is 52.9 Å². The number of hydrogen-bond acceptors (Lipinski definition) is 2. The van der Waals surface area contributed by atoms with Crippen molar-refractivity contribution in [3.05, 3.63) is 115 Å². The molecule has 2 heteroatoms. The summed E-state index contributed by atoms with van der Waals surface area (Å²) in [5.74, 6) is 0.677. The Kier molecular flexibility index (Phi) is 5.12. The number of rotatable bonds is 4. The van der Waals surface area contributed by atoms with Crippen molar-refractivity contribution in [2.45, 2.75) is 13.8 Å². The van der Waals surface area contributed by atoms with Gasteiger partial charge in [0.2, 0.25) is 0 Å². The number of aryl methyl sites for hydroxylation is 1. The Labute approximate surface area is 188 Å². The summed E-state index contributed by atoms with van der Waals surface area (Å²) in [6.07, 6.45) is 0. The minimum atomic E-state index is 0.677. The first-order valence-corrected chi connectivity index (χ1v) is 10.8. The molecular formula is C30H24N2. The van der Waals surface area contributed by atoms with Crippen molar-refractivity contribution in [3.63, 3.8) is 0 Å². The predicted octanol–water partition coefficient (Wildman–Crippen LogP) is 7.97. The van der Waals surface area contributed by atoms with Gasteiger partial charge in [0, 0.05) is 11.1 Å². The fourth-order valence-corrected chi connectivity index (χ4v) is 4.10. The van der Waals surface area contributed by atoms with Crippen molar-refractivity contribution in [3.8, 4) is 33.6 Å². The molecular weight excluding hydrogens is 388 g/mol. The van der Waals surface area contributed by atoms with Crippen molar-refractivity contribution >= 4 is 16.3 Å². The lowest BCUT2D eigenvalue weighted by Gasteiger charge is -2.12. The van der Waals surface area contributed by atoms with Crippen LogP contribution in [0, 0.1) is 6.92 Å². The van der Waals surface area contributed by atoms with E-state index in [1.807, 2.05) is 25.1 Å². The van der Waals surface area contributed by atoms with Gasteiger partial charge in [-0.1, -0.05) is 97.6 Å². The monoisotopic (exact) mass is 412 g/mol. The summed E-state index contributed by atoms with van der Waals surface area (Å²) in [5, 5.41) is 2.57. The van der Waals surface area contributed by atoms with Gasteiger partial charge in [0.15, 0.2) is 5.82 Å². The molecule has 154 valence electrons. The zero-order valence-corrected chi connectivity index (χ0v) is 18.3.